The van der Waals surface area contributed by atoms with Crippen LogP contribution in [0.1, 0.15) is 37.3 Å². The summed E-state index contributed by atoms with van der Waals surface area (Å²) in [5, 5.41) is 0. The van der Waals surface area contributed by atoms with Crippen LogP contribution in [0.2, 0.25) is 0 Å². The second-order valence-electron chi connectivity index (χ2n) is 5.82. The maximum absolute atomic E-state index is 12.9. The average Bonchev–Trinajstić information content (AvgIpc) is 2.43. The van der Waals surface area contributed by atoms with Gasteiger partial charge in [-0.15, -0.1) is 0 Å². The highest BCUT2D eigenvalue weighted by Gasteiger charge is 2.30. The Kier molecular flexibility index (Phi) is 4.81. The van der Waals surface area contributed by atoms with Crippen LogP contribution in [-0.2, 0) is 4.79 Å². The van der Waals surface area contributed by atoms with Gasteiger partial charge in [0.2, 0.25) is 5.91 Å². The summed E-state index contributed by atoms with van der Waals surface area (Å²) in [6, 6.07) is 6.27. The molecule has 1 amide bonds. The zero-order valence-corrected chi connectivity index (χ0v) is 13.1. The first-order valence-corrected chi connectivity index (χ1v) is 7.64. The van der Waals surface area contributed by atoms with Gasteiger partial charge in [-0.2, -0.15) is 0 Å². The van der Waals surface area contributed by atoms with Crippen LogP contribution in [0.4, 0.5) is 5.69 Å². The smallest absolute Gasteiger partial charge is 0.244 e. The lowest BCUT2D eigenvalue weighted by atomic mass is 10.00. The lowest BCUT2D eigenvalue weighted by Crippen LogP contribution is -2.49. The highest BCUT2D eigenvalue weighted by molar-refractivity contribution is 5.98. The third kappa shape index (κ3) is 2.88. The molecule has 0 bridgehead atoms. The van der Waals surface area contributed by atoms with Crippen molar-refractivity contribution in [2.24, 2.45) is 0 Å². The number of likely N-dealkylation sites (N-methyl/N-ethyl adjacent to an activating group) is 2. The Bertz CT molecular complexity index is 464. The van der Waals surface area contributed by atoms with Gasteiger partial charge in [-0.05, 0) is 58.3 Å². The largest absolute Gasteiger partial charge is 0.311 e. The molecule has 1 aliphatic heterocycles. The van der Waals surface area contributed by atoms with Crippen LogP contribution in [0.25, 0.3) is 0 Å². The van der Waals surface area contributed by atoms with Crippen molar-refractivity contribution in [1.82, 2.24) is 4.90 Å². The number of likely N-dealkylation sites (tertiary alicyclic amines) is 1. The van der Waals surface area contributed by atoms with Gasteiger partial charge < -0.3 is 4.90 Å². The van der Waals surface area contributed by atoms with Crippen molar-refractivity contribution in [3.05, 3.63) is 29.3 Å². The molecule has 3 heteroatoms. The molecule has 1 aliphatic rings. The lowest BCUT2D eigenvalue weighted by molar-refractivity contribution is -0.124. The number of rotatable bonds is 3. The molecule has 1 heterocycles. The van der Waals surface area contributed by atoms with Crippen molar-refractivity contribution in [3.63, 3.8) is 0 Å². The topological polar surface area (TPSA) is 23.6 Å². The van der Waals surface area contributed by atoms with Gasteiger partial charge in [0.05, 0.1) is 6.04 Å². The number of benzene rings is 1. The summed E-state index contributed by atoms with van der Waals surface area (Å²) in [6.07, 6.45) is 3.34. The van der Waals surface area contributed by atoms with Crippen molar-refractivity contribution in [2.75, 3.05) is 25.0 Å². The quantitative estimate of drug-likeness (QED) is 0.845. The van der Waals surface area contributed by atoms with Gasteiger partial charge in [0.15, 0.2) is 0 Å². The first-order valence-electron chi connectivity index (χ1n) is 7.64. The first kappa shape index (κ1) is 15.0. The third-order valence-corrected chi connectivity index (χ3v) is 4.35. The Morgan fingerprint density at radius 1 is 1.30 bits per heavy atom. The Balaban J connectivity index is 2.30. The highest BCUT2D eigenvalue weighted by Crippen LogP contribution is 2.27. The maximum atomic E-state index is 12.9. The number of nitrogens with zero attached hydrogens (tertiary/aromatic N) is 2. The van der Waals surface area contributed by atoms with E-state index in [2.05, 4.69) is 50.9 Å². The molecule has 0 N–H and O–H groups in total. The van der Waals surface area contributed by atoms with Crippen LogP contribution in [0, 0.1) is 13.8 Å². The second-order valence-corrected chi connectivity index (χ2v) is 5.82. The minimum absolute atomic E-state index is 0.0442. The van der Waals surface area contributed by atoms with E-state index >= 15 is 0 Å². The lowest BCUT2D eigenvalue weighted by Gasteiger charge is -2.36. The van der Waals surface area contributed by atoms with E-state index in [0.717, 1.165) is 31.6 Å². The molecule has 1 atom stereocenters. The Morgan fingerprint density at radius 2 is 1.95 bits per heavy atom. The monoisotopic (exact) mass is 274 g/mol. The van der Waals surface area contributed by atoms with E-state index in [0.29, 0.717) is 0 Å². The summed E-state index contributed by atoms with van der Waals surface area (Å²) in [6.45, 7) is 7.99. The number of anilines is 1. The highest BCUT2D eigenvalue weighted by atomic mass is 16.2. The fourth-order valence-electron chi connectivity index (χ4n) is 3.22. The van der Waals surface area contributed by atoms with E-state index < -0.39 is 0 Å². The van der Waals surface area contributed by atoms with Crippen molar-refractivity contribution >= 4 is 11.6 Å². The predicted molar refractivity (Wildman–Crippen MR) is 84.2 cm³/mol. The van der Waals surface area contributed by atoms with E-state index in [4.69, 9.17) is 0 Å². The van der Waals surface area contributed by atoms with Gasteiger partial charge in [0, 0.05) is 12.2 Å². The molecule has 1 fully saturated rings. The summed E-state index contributed by atoms with van der Waals surface area (Å²) in [5.41, 5.74) is 3.45. The molecule has 110 valence electrons. The predicted octanol–water partition coefficient (Wildman–Crippen LogP) is 3.14. The summed E-state index contributed by atoms with van der Waals surface area (Å²) < 4.78 is 0. The number of piperidine rings is 1. The van der Waals surface area contributed by atoms with Crippen molar-refractivity contribution in [3.8, 4) is 0 Å². The molecular formula is C17H26N2O. The number of carbonyl (C=O) groups excluding carboxylic acids is 1. The molecule has 1 saturated heterocycles. The third-order valence-electron chi connectivity index (χ3n) is 4.35. The van der Waals surface area contributed by atoms with E-state index in [-0.39, 0.29) is 11.9 Å². The van der Waals surface area contributed by atoms with Gasteiger partial charge >= 0.3 is 0 Å². The Hall–Kier alpha value is -1.35. The van der Waals surface area contributed by atoms with Crippen molar-refractivity contribution in [2.45, 2.75) is 46.1 Å². The minimum Gasteiger partial charge on any atom is -0.311 e. The summed E-state index contributed by atoms with van der Waals surface area (Å²) in [4.78, 5) is 17.1. The van der Waals surface area contributed by atoms with E-state index in [9.17, 15) is 4.79 Å². The van der Waals surface area contributed by atoms with Crippen molar-refractivity contribution in [1.29, 1.82) is 0 Å². The molecule has 20 heavy (non-hydrogen) atoms. The zero-order chi connectivity index (χ0) is 14.7. The molecule has 0 saturated carbocycles. The van der Waals surface area contributed by atoms with E-state index in [1.165, 1.54) is 17.5 Å². The van der Waals surface area contributed by atoms with E-state index in [1.807, 2.05) is 4.90 Å². The van der Waals surface area contributed by atoms with Gasteiger partial charge in [0.25, 0.3) is 0 Å². The molecule has 1 aromatic rings. The van der Waals surface area contributed by atoms with Crippen LogP contribution in [0.3, 0.4) is 0 Å². The molecule has 2 rings (SSSR count). The number of hydrogen-bond acceptors (Lipinski definition) is 2. The zero-order valence-electron chi connectivity index (χ0n) is 13.1. The molecule has 0 aliphatic carbocycles. The number of carbonyl (C=O) groups is 1. The molecule has 1 aromatic carbocycles. The van der Waals surface area contributed by atoms with E-state index in [1.54, 1.807) is 0 Å². The number of para-hydroxylation sites is 1. The van der Waals surface area contributed by atoms with Gasteiger partial charge in [-0.25, -0.2) is 0 Å². The van der Waals surface area contributed by atoms with Gasteiger partial charge in [-0.1, -0.05) is 24.6 Å². The minimum atomic E-state index is 0.0442. The van der Waals surface area contributed by atoms with Gasteiger partial charge in [-0.3, -0.25) is 9.69 Å². The first-order chi connectivity index (χ1) is 9.56. The normalized spacial score (nSPS) is 19.9. The summed E-state index contributed by atoms with van der Waals surface area (Å²) in [5.74, 6) is 0.257. The van der Waals surface area contributed by atoms with Gasteiger partial charge in [0.1, 0.15) is 0 Å². The SMILES string of the molecule is CCN(C(=O)C1CCCCN1C)c1c(C)cccc1C. The van der Waals surface area contributed by atoms with Crippen molar-refractivity contribution < 1.29 is 4.79 Å². The standard InChI is InChI=1S/C17H26N2O/c1-5-19(16-13(2)9-8-10-14(16)3)17(20)15-11-6-7-12-18(15)4/h8-10,15H,5-7,11-12H2,1-4H3. The number of amides is 1. The summed E-state index contributed by atoms with van der Waals surface area (Å²) in [7, 11) is 2.07. The Labute approximate surface area is 122 Å². The second kappa shape index (κ2) is 6.40. The molecule has 0 radical (unpaired) electrons. The number of hydrogen-bond donors (Lipinski definition) is 0. The molecule has 3 nitrogen and oxygen atoms in total. The molecular weight excluding hydrogens is 248 g/mol. The van der Waals surface area contributed by atoms with Crippen LogP contribution < -0.4 is 4.90 Å². The van der Waals surface area contributed by atoms with Crippen LogP contribution in [0.15, 0.2) is 18.2 Å². The molecule has 0 spiro atoms. The summed E-state index contributed by atoms with van der Waals surface area (Å²) >= 11 is 0. The fraction of sp³-hybridized carbons (Fsp3) is 0.588. The average molecular weight is 274 g/mol. The van der Waals surface area contributed by atoms with Crippen LogP contribution >= 0.6 is 0 Å². The Morgan fingerprint density at radius 3 is 2.50 bits per heavy atom. The number of aryl methyl sites for hydroxylation is 2. The fourth-order valence-corrected chi connectivity index (χ4v) is 3.22. The molecule has 1 unspecified atom stereocenters. The molecule has 0 aromatic heterocycles. The van der Waals surface area contributed by atoms with Crippen LogP contribution in [0.5, 0.6) is 0 Å². The van der Waals surface area contributed by atoms with Crippen LogP contribution in [-0.4, -0.2) is 37.0 Å². The maximum Gasteiger partial charge on any atom is 0.244 e.